The summed E-state index contributed by atoms with van der Waals surface area (Å²) in [5.41, 5.74) is 1.12. The number of nitrogens with zero attached hydrogens (tertiary/aromatic N) is 2. The van der Waals surface area contributed by atoms with Crippen LogP contribution < -0.4 is 10.6 Å². The van der Waals surface area contributed by atoms with Gasteiger partial charge in [-0.15, -0.1) is 0 Å². The molecular formula is C20H26N4O5S. The summed E-state index contributed by atoms with van der Waals surface area (Å²) >= 11 is 1.13. The van der Waals surface area contributed by atoms with Crippen molar-refractivity contribution in [1.82, 2.24) is 14.9 Å². The molecule has 0 atom stereocenters. The maximum Gasteiger partial charge on any atom is 0.340 e. The number of amides is 2. The summed E-state index contributed by atoms with van der Waals surface area (Å²) in [5.74, 6) is -1.04. The molecule has 0 unspecified atom stereocenters. The third-order valence-corrected chi connectivity index (χ3v) is 4.96. The van der Waals surface area contributed by atoms with Gasteiger partial charge >= 0.3 is 5.97 Å². The van der Waals surface area contributed by atoms with E-state index in [1.165, 1.54) is 6.20 Å². The normalized spacial score (nSPS) is 10.5. The van der Waals surface area contributed by atoms with Crippen molar-refractivity contribution in [2.45, 2.75) is 38.6 Å². The lowest BCUT2D eigenvalue weighted by Gasteiger charge is -2.12. The first kappa shape index (κ1) is 23.4. The van der Waals surface area contributed by atoms with Gasteiger partial charge in [-0.05, 0) is 25.5 Å². The van der Waals surface area contributed by atoms with Crippen molar-refractivity contribution < 1.29 is 24.2 Å². The number of para-hydroxylation sites is 1. The first-order valence-electron chi connectivity index (χ1n) is 9.60. The molecule has 1 aromatic carbocycles. The van der Waals surface area contributed by atoms with Crippen LogP contribution in [0.3, 0.4) is 0 Å². The Balaban J connectivity index is 2.03. The number of imidazole rings is 1. The first-order valence-corrected chi connectivity index (χ1v) is 10.6. The van der Waals surface area contributed by atoms with E-state index in [-0.39, 0.29) is 42.9 Å². The van der Waals surface area contributed by atoms with Gasteiger partial charge in [0.15, 0.2) is 5.16 Å². The van der Waals surface area contributed by atoms with E-state index in [0.717, 1.165) is 18.2 Å². The molecule has 0 bridgehead atoms. The zero-order chi connectivity index (χ0) is 21.9. The Kier molecular flexibility index (Phi) is 9.36. The van der Waals surface area contributed by atoms with Gasteiger partial charge in [0.25, 0.3) is 0 Å². The van der Waals surface area contributed by atoms with Crippen molar-refractivity contribution in [1.29, 1.82) is 0 Å². The second-order valence-corrected chi connectivity index (χ2v) is 7.17. The molecule has 3 N–H and O–H groups in total. The monoisotopic (exact) mass is 434 g/mol. The molecule has 0 spiro atoms. The molecule has 2 rings (SSSR count). The average Bonchev–Trinajstić information content (AvgIpc) is 3.12. The summed E-state index contributed by atoms with van der Waals surface area (Å²) in [6, 6.07) is 6.60. The highest BCUT2D eigenvalue weighted by molar-refractivity contribution is 7.99. The van der Waals surface area contributed by atoms with Crippen LogP contribution in [-0.2, 0) is 27.5 Å². The highest BCUT2D eigenvalue weighted by Gasteiger charge is 2.17. The quantitative estimate of drug-likeness (QED) is 0.364. The van der Waals surface area contributed by atoms with Crippen LogP contribution in [0.15, 0.2) is 35.6 Å². The second-order valence-electron chi connectivity index (χ2n) is 6.23. The minimum atomic E-state index is -0.512. The van der Waals surface area contributed by atoms with Crippen LogP contribution in [0.5, 0.6) is 0 Å². The number of nitrogens with one attached hydrogen (secondary N) is 2. The average molecular weight is 435 g/mol. The van der Waals surface area contributed by atoms with Crippen LogP contribution in [-0.4, -0.2) is 51.3 Å². The largest absolute Gasteiger partial charge is 0.462 e. The molecule has 1 aromatic heterocycles. The summed E-state index contributed by atoms with van der Waals surface area (Å²) in [7, 11) is 0. The lowest BCUT2D eigenvalue weighted by Crippen LogP contribution is -2.29. The summed E-state index contributed by atoms with van der Waals surface area (Å²) in [6.07, 6.45) is 2.29. The number of aliphatic hydroxyl groups is 1. The molecule has 1 heterocycles. The molecule has 0 aliphatic rings. The van der Waals surface area contributed by atoms with E-state index in [1.54, 1.807) is 35.8 Å². The van der Waals surface area contributed by atoms with Crippen molar-refractivity contribution in [3.05, 3.63) is 41.7 Å². The van der Waals surface area contributed by atoms with E-state index in [0.29, 0.717) is 23.1 Å². The van der Waals surface area contributed by atoms with E-state index in [1.807, 2.05) is 6.92 Å². The maximum absolute atomic E-state index is 12.4. The van der Waals surface area contributed by atoms with Gasteiger partial charge < -0.3 is 25.0 Å². The Bertz CT molecular complexity index is 884. The molecule has 30 heavy (non-hydrogen) atoms. The van der Waals surface area contributed by atoms with Crippen LogP contribution in [0.4, 0.5) is 5.69 Å². The Morgan fingerprint density at radius 1 is 1.20 bits per heavy atom. The molecule has 0 fully saturated rings. The maximum atomic E-state index is 12.4. The number of rotatable bonds is 11. The van der Waals surface area contributed by atoms with Gasteiger partial charge in [-0.1, -0.05) is 30.8 Å². The number of aromatic nitrogens is 2. The van der Waals surface area contributed by atoms with Crippen molar-refractivity contribution in [3.63, 3.8) is 0 Å². The Labute approximate surface area is 179 Å². The van der Waals surface area contributed by atoms with Gasteiger partial charge in [-0.2, -0.15) is 0 Å². The number of anilines is 1. The van der Waals surface area contributed by atoms with Crippen molar-refractivity contribution >= 4 is 35.2 Å². The highest BCUT2D eigenvalue weighted by atomic mass is 32.2. The van der Waals surface area contributed by atoms with Crippen molar-refractivity contribution in [2.24, 2.45) is 0 Å². The predicted molar refractivity (Wildman–Crippen MR) is 113 cm³/mol. The van der Waals surface area contributed by atoms with Gasteiger partial charge in [0.05, 0.1) is 42.1 Å². The van der Waals surface area contributed by atoms with Crippen LogP contribution in [0.25, 0.3) is 0 Å². The smallest absolute Gasteiger partial charge is 0.340 e. The van der Waals surface area contributed by atoms with Crippen molar-refractivity contribution in [3.8, 4) is 0 Å². The molecule has 0 aliphatic carbocycles. The Morgan fingerprint density at radius 2 is 1.97 bits per heavy atom. The van der Waals surface area contributed by atoms with Crippen LogP contribution in [0.1, 0.15) is 36.3 Å². The molecular weight excluding hydrogens is 408 g/mol. The minimum Gasteiger partial charge on any atom is -0.462 e. The topological polar surface area (TPSA) is 123 Å². The van der Waals surface area contributed by atoms with Gasteiger partial charge in [0.2, 0.25) is 11.8 Å². The van der Waals surface area contributed by atoms with E-state index in [4.69, 9.17) is 4.74 Å². The number of hydrogen-bond acceptors (Lipinski definition) is 7. The zero-order valence-electron chi connectivity index (χ0n) is 17.0. The standard InChI is InChI=1S/C20H26N4O5S/c1-3-9-21-17(26)11-24-14(12-25)10-22-20(24)30-13-18(27)23-16-8-6-5-7-15(16)19(28)29-4-2/h5-8,10,25H,3-4,9,11-13H2,1-2H3,(H,21,26)(H,23,27). The third-order valence-electron chi connectivity index (χ3n) is 3.97. The summed E-state index contributed by atoms with van der Waals surface area (Å²) in [5, 5.41) is 15.4. The predicted octanol–water partition coefficient (Wildman–Crippen LogP) is 1.81. The molecule has 0 aliphatic heterocycles. The SMILES string of the molecule is CCCNC(=O)Cn1c(CO)cnc1SCC(=O)Nc1ccccc1C(=O)OCC. The van der Waals surface area contributed by atoms with Crippen molar-refractivity contribution in [2.75, 3.05) is 24.2 Å². The molecule has 2 amide bonds. The van der Waals surface area contributed by atoms with E-state index < -0.39 is 5.97 Å². The Morgan fingerprint density at radius 3 is 2.67 bits per heavy atom. The highest BCUT2D eigenvalue weighted by Crippen LogP contribution is 2.21. The summed E-state index contributed by atoms with van der Waals surface area (Å²) < 4.78 is 6.58. The number of thioether (sulfide) groups is 1. The molecule has 10 heteroatoms. The molecule has 0 saturated carbocycles. The molecule has 0 radical (unpaired) electrons. The number of hydrogen-bond donors (Lipinski definition) is 3. The summed E-state index contributed by atoms with van der Waals surface area (Å²) in [4.78, 5) is 40.7. The summed E-state index contributed by atoms with van der Waals surface area (Å²) in [6.45, 7) is 4.20. The van der Waals surface area contributed by atoms with Gasteiger partial charge in [-0.3, -0.25) is 9.59 Å². The van der Waals surface area contributed by atoms with E-state index in [2.05, 4.69) is 15.6 Å². The number of aliphatic hydroxyl groups excluding tert-OH is 1. The number of carbonyl (C=O) groups is 3. The molecule has 0 saturated heterocycles. The second kappa shape index (κ2) is 12.0. The fourth-order valence-electron chi connectivity index (χ4n) is 2.56. The lowest BCUT2D eigenvalue weighted by atomic mass is 10.2. The first-order chi connectivity index (χ1) is 14.5. The molecule has 162 valence electrons. The minimum absolute atomic E-state index is 0.00549. The molecule has 2 aromatic rings. The Hall–Kier alpha value is -2.85. The van der Waals surface area contributed by atoms with Gasteiger partial charge in [0, 0.05) is 6.54 Å². The van der Waals surface area contributed by atoms with Crippen LogP contribution >= 0.6 is 11.8 Å². The van der Waals surface area contributed by atoms with Crippen LogP contribution in [0, 0.1) is 0 Å². The van der Waals surface area contributed by atoms with E-state index in [9.17, 15) is 19.5 Å². The lowest BCUT2D eigenvalue weighted by molar-refractivity contribution is -0.121. The zero-order valence-corrected chi connectivity index (χ0v) is 17.8. The number of benzene rings is 1. The number of carbonyl (C=O) groups excluding carboxylic acids is 3. The molecule has 9 nitrogen and oxygen atoms in total. The van der Waals surface area contributed by atoms with Gasteiger partial charge in [-0.25, -0.2) is 9.78 Å². The fourth-order valence-corrected chi connectivity index (χ4v) is 3.36. The van der Waals surface area contributed by atoms with Crippen LogP contribution in [0.2, 0.25) is 0 Å². The number of esters is 1. The third kappa shape index (κ3) is 6.60. The van der Waals surface area contributed by atoms with E-state index >= 15 is 0 Å². The van der Waals surface area contributed by atoms with Gasteiger partial charge in [0.1, 0.15) is 6.54 Å². The number of ether oxygens (including phenoxy) is 1. The fraction of sp³-hybridized carbons (Fsp3) is 0.400.